The largest absolute Gasteiger partial charge is 0.254 e. The van der Waals surface area contributed by atoms with Gasteiger partial charge in [-0.05, 0) is 0 Å². The molecule has 0 heterocycles. The lowest BCUT2D eigenvalue weighted by Gasteiger charge is -1.75. The second-order valence-electron chi connectivity index (χ2n) is 0.323. The van der Waals surface area contributed by atoms with Crippen molar-refractivity contribution >= 4 is 17.0 Å². The number of hydrogen-bond acceptors (Lipinski definition) is 0. The third-order valence-electron chi connectivity index (χ3n) is 0. The summed E-state index contributed by atoms with van der Waals surface area (Å²) in [5, 5.41) is 0. The Morgan fingerprint density at radius 2 is 3.50 bits per heavy atom. The molecule has 22 valence electrons. The monoisotopic (exact) mass is 81.0 g/mol. The van der Waals surface area contributed by atoms with Crippen LogP contribution < -0.4 is 0 Å². The molecule has 2 unspecified atom stereocenters. The fourth-order valence-corrected chi connectivity index (χ4v) is 0. The summed E-state index contributed by atoms with van der Waals surface area (Å²) in [7, 11) is 1.87. The molecular formula is CH3BFP. The summed E-state index contributed by atoms with van der Waals surface area (Å²) in [5.74, 6) is -2.85. The summed E-state index contributed by atoms with van der Waals surface area (Å²) in [4.78, 5) is 0. The van der Waals surface area contributed by atoms with Crippen LogP contribution in [-0.4, -0.2) is 16.2 Å². The molecule has 0 amide bonds. The average molecular weight is 80.8 g/mol. The molecule has 0 saturated carbocycles. The van der Waals surface area contributed by atoms with Crippen LogP contribution in [0.5, 0.6) is 0 Å². The Balaban J connectivity index is 3.54. The lowest BCUT2D eigenvalue weighted by molar-refractivity contribution is 0.559. The Labute approximate surface area is 32.4 Å². The molecule has 0 aliphatic carbocycles. The Morgan fingerprint density at radius 3 is 3.50 bits per heavy atom. The van der Waals surface area contributed by atoms with Gasteiger partial charge >= 0.3 is 0 Å². The molecule has 0 N–H and O–H groups in total. The van der Waals surface area contributed by atoms with E-state index in [0.717, 1.165) is 0 Å². The highest BCUT2D eigenvalue weighted by Gasteiger charge is 1.74. The van der Waals surface area contributed by atoms with Gasteiger partial charge in [0, 0.05) is 0 Å². The number of rotatable bonds is 1. The molecule has 0 aromatic carbocycles. The van der Waals surface area contributed by atoms with Gasteiger partial charge in [-0.15, -0.1) is 9.13 Å². The van der Waals surface area contributed by atoms with Crippen molar-refractivity contribution in [2.45, 2.75) is 5.79 Å². The predicted molar refractivity (Wildman–Crippen MR) is 20.4 cm³/mol. The summed E-state index contributed by atoms with van der Waals surface area (Å²) in [5.41, 5.74) is 0. The van der Waals surface area contributed by atoms with Crippen LogP contribution in [-0.2, 0) is 0 Å². The molecule has 0 aromatic rings. The number of alkyl halides is 1. The molecule has 0 aromatic heterocycles. The Morgan fingerprint density at radius 1 is 3.25 bits per heavy atom. The minimum atomic E-state index is -2.85. The zero-order chi connectivity index (χ0) is 6.08. The highest BCUT2D eigenvalue weighted by atomic mass is 31.0. The molecule has 0 aliphatic rings. The van der Waals surface area contributed by atoms with E-state index < -0.39 is 14.9 Å². The van der Waals surface area contributed by atoms with Gasteiger partial charge in [-0.3, -0.25) is 4.39 Å². The first-order chi connectivity index (χ1) is 2.94. The molecule has 0 aliphatic heterocycles. The zero-order valence-electron chi connectivity index (χ0n) is 4.90. The molecule has 0 bridgehead atoms. The Kier molecular flexibility index (Phi) is 0.540. The lowest BCUT2D eigenvalue weighted by Crippen LogP contribution is -1.76. The van der Waals surface area contributed by atoms with Gasteiger partial charge in [-0.25, -0.2) is 0 Å². The topological polar surface area (TPSA) is 0 Å². The molecule has 3 heteroatoms. The highest BCUT2D eigenvalue weighted by Crippen LogP contribution is 1.89. The van der Waals surface area contributed by atoms with Crippen molar-refractivity contribution in [3.8, 4) is 0 Å². The molecule has 0 rings (SSSR count). The highest BCUT2D eigenvalue weighted by molar-refractivity contribution is 7.20. The van der Waals surface area contributed by atoms with E-state index in [1.807, 2.05) is 0 Å². The molecule has 0 fully saturated rings. The molecular weight excluding hydrogens is 72.8 g/mol. The van der Waals surface area contributed by atoms with E-state index in [0.29, 0.717) is 0 Å². The molecule has 2 radical (unpaired) electrons. The van der Waals surface area contributed by atoms with Crippen molar-refractivity contribution in [3.63, 3.8) is 0 Å². The van der Waals surface area contributed by atoms with Crippen molar-refractivity contribution < 1.29 is 5.76 Å². The van der Waals surface area contributed by atoms with Crippen molar-refractivity contribution in [1.29, 1.82) is 2.56 Å². The third-order valence-corrected chi connectivity index (χ3v) is 0. The maximum Gasteiger partial charge on any atom is 0.122 e. The standard InChI is InChI=1S/CH3BFP/c2-1(3)4/h1H,4H2/i1T,4TD. The van der Waals surface area contributed by atoms with E-state index >= 15 is 0 Å². The van der Waals surface area contributed by atoms with Crippen molar-refractivity contribution in [3.05, 3.63) is 0 Å². The fourth-order valence-electron chi connectivity index (χ4n) is 0. The van der Waals surface area contributed by atoms with Crippen molar-refractivity contribution in [1.82, 2.24) is 0 Å². The lowest BCUT2D eigenvalue weighted by atomic mass is 10.2. The average Bonchev–Trinajstić information content (AvgIpc) is 1.31. The predicted octanol–water partition coefficient (Wildman–Crippen LogP) is 0.283. The van der Waals surface area contributed by atoms with Crippen LogP contribution in [0.3, 0.4) is 0 Å². The second-order valence-corrected chi connectivity index (χ2v) is 0.750. The van der Waals surface area contributed by atoms with Gasteiger partial charge in [0.2, 0.25) is 0 Å². The van der Waals surface area contributed by atoms with Crippen molar-refractivity contribution in [2.24, 2.45) is 0 Å². The van der Waals surface area contributed by atoms with E-state index in [9.17, 15) is 4.39 Å². The van der Waals surface area contributed by atoms with Gasteiger partial charge in [0.1, 0.15) is 7.85 Å². The van der Waals surface area contributed by atoms with Gasteiger partial charge < -0.3 is 0 Å². The fraction of sp³-hybridized carbons (Fsp3) is 1.00. The van der Waals surface area contributed by atoms with E-state index in [1.54, 1.807) is 0 Å². The SMILES string of the molecule is [2H]P([3H])C([3H])([B])F. The number of hydrogen-bond donors (Lipinski definition) is 0. The van der Waals surface area contributed by atoms with Crippen LogP contribution in [0, 0.1) is 0 Å². The molecule has 0 saturated heterocycles. The first kappa shape index (κ1) is 1.26. The van der Waals surface area contributed by atoms with Gasteiger partial charge in [-0.1, -0.05) is 0 Å². The first-order valence-electron chi connectivity index (χ1n) is 2.10. The van der Waals surface area contributed by atoms with E-state index in [1.165, 1.54) is 0 Å². The summed E-state index contributed by atoms with van der Waals surface area (Å²) < 4.78 is 30.3. The van der Waals surface area contributed by atoms with Gasteiger partial charge in [0.25, 0.3) is 0 Å². The van der Waals surface area contributed by atoms with E-state index in [4.69, 9.17) is 3.93 Å². The van der Waals surface area contributed by atoms with Gasteiger partial charge in [0.05, 0.1) is 9.72 Å². The maximum absolute atomic E-state index is 11.6. The van der Waals surface area contributed by atoms with Crippen LogP contribution in [0.15, 0.2) is 0 Å². The zero-order valence-corrected chi connectivity index (χ0v) is 2.80. The third kappa shape index (κ3) is 27.3. The first-order valence-corrected chi connectivity index (χ1v) is 1.15. The quantitative estimate of drug-likeness (QED) is 0.314. The minimum Gasteiger partial charge on any atom is -0.254 e. The van der Waals surface area contributed by atoms with Crippen LogP contribution in [0.25, 0.3) is 0 Å². The molecule has 2 atom stereocenters. The molecule has 0 nitrogen and oxygen atoms in total. The summed E-state index contributed by atoms with van der Waals surface area (Å²) in [6.45, 7) is 0. The van der Waals surface area contributed by atoms with Gasteiger partial charge in [-0.2, -0.15) is 0 Å². The number of halogens is 1. The molecule has 4 heavy (non-hydrogen) atoms. The second kappa shape index (κ2) is 1.72. The maximum atomic E-state index is 11.6. The van der Waals surface area contributed by atoms with Crippen molar-refractivity contribution in [2.75, 3.05) is 0 Å². The Bertz CT molecular complexity index is 60.4. The van der Waals surface area contributed by atoms with Crippen LogP contribution in [0.2, 0.25) is 0 Å². The van der Waals surface area contributed by atoms with E-state index in [-0.39, 0.29) is 0 Å². The smallest absolute Gasteiger partial charge is 0.122 e. The summed E-state index contributed by atoms with van der Waals surface area (Å²) in [6, 6.07) is 0. The summed E-state index contributed by atoms with van der Waals surface area (Å²) in [6.07, 6.45) is 0. The molecule has 0 spiro atoms. The van der Waals surface area contributed by atoms with Crippen LogP contribution >= 0.6 is 9.13 Å². The van der Waals surface area contributed by atoms with E-state index in [2.05, 4.69) is 7.85 Å². The normalized spacial score (nSPS) is 41.8. The Hall–Kier alpha value is 0.425. The van der Waals surface area contributed by atoms with Crippen LogP contribution in [0.1, 0.15) is 1.37 Å². The summed E-state index contributed by atoms with van der Waals surface area (Å²) >= 11 is 0. The van der Waals surface area contributed by atoms with Crippen LogP contribution in [0.4, 0.5) is 4.39 Å². The minimum absolute atomic E-state index is 2.46. The van der Waals surface area contributed by atoms with Gasteiger partial charge in [0.15, 0.2) is 0 Å².